The van der Waals surface area contributed by atoms with Gasteiger partial charge in [-0.25, -0.2) is 10.4 Å². The molecule has 0 radical (unpaired) electrons. The lowest BCUT2D eigenvalue weighted by Crippen LogP contribution is -2.22. The van der Waals surface area contributed by atoms with Gasteiger partial charge in [-0.3, -0.25) is 14.2 Å². The highest BCUT2D eigenvalue weighted by Crippen LogP contribution is 2.24. The first-order valence-corrected chi connectivity index (χ1v) is 10.0. The molecule has 2 aromatic carbocycles. The molecule has 7 heteroatoms. The highest BCUT2D eigenvalue weighted by atomic mass is 16.3. The van der Waals surface area contributed by atoms with Crippen molar-refractivity contribution in [1.82, 2.24) is 15.0 Å². The van der Waals surface area contributed by atoms with Crippen LogP contribution >= 0.6 is 0 Å². The van der Waals surface area contributed by atoms with Crippen molar-refractivity contribution < 1.29 is 9.21 Å². The first-order valence-electron chi connectivity index (χ1n) is 10.0. The lowest BCUT2D eigenvalue weighted by atomic mass is 10.1. The average molecular weight is 400 g/mol. The molecule has 4 aromatic rings. The SMILES string of the molecule is CCc1oc2ccccc2c1/C=N\NC(=O)c1ccc2c(=O)n3c(nc2c1)CCC3. The third-order valence-corrected chi connectivity index (χ3v) is 5.47. The maximum Gasteiger partial charge on any atom is 0.271 e. The van der Waals surface area contributed by atoms with E-state index in [1.165, 1.54) is 0 Å². The molecule has 0 spiro atoms. The number of nitrogens with one attached hydrogen (secondary N) is 1. The van der Waals surface area contributed by atoms with Gasteiger partial charge in [-0.2, -0.15) is 5.10 Å². The van der Waals surface area contributed by atoms with E-state index in [0.29, 0.717) is 23.0 Å². The smallest absolute Gasteiger partial charge is 0.271 e. The van der Waals surface area contributed by atoms with Crippen molar-refractivity contribution in [2.75, 3.05) is 0 Å². The zero-order valence-corrected chi connectivity index (χ0v) is 16.5. The monoisotopic (exact) mass is 400 g/mol. The van der Waals surface area contributed by atoms with Crippen LogP contribution in [0, 0.1) is 0 Å². The van der Waals surface area contributed by atoms with E-state index >= 15 is 0 Å². The van der Waals surface area contributed by atoms with E-state index in [0.717, 1.165) is 47.4 Å². The van der Waals surface area contributed by atoms with Crippen molar-refractivity contribution in [2.24, 2.45) is 5.10 Å². The van der Waals surface area contributed by atoms with Crippen LogP contribution in [0.25, 0.3) is 21.9 Å². The number of hydrogen-bond donors (Lipinski definition) is 1. The zero-order valence-electron chi connectivity index (χ0n) is 16.5. The topological polar surface area (TPSA) is 89.5 Å². The number of aromatic nitrogens is 2. The van der Waals surface area contributed by atoms with Crippen LogP contribution in [-0.4, -0.2) is 21.7 Å². The van der Waals surface area contributed by atoms with Crippen molar-refractivity contribution >= 4 is 34.0 Å². The van der Waals surface area contributed by atoms with Gasteiger partial charge in [-0.15, -0.1) is 0 Å². The highest BCUT2D eigenvalue weighted by Gasteiger charge is 2.17. The summed E-state index contributed by atoms with van der Waals surface area (Å²) >= 11 is 0. The van der Waals surface area contributed by atoms with Crippen molar-refractivity contribution in [3.63, 3.8) is 0 Å². The van der Waals surface area contributed by atoms with Crippen LogP contribution in [0.1, 0.15) is 40.9 Å². The molecule has 7 nitrogen and oxygen atoms in total. The van der Waals surface area contributed by atoms with Gasteiger partial charge in [0.15, 0.2) is 0 Å². The number of aryl methyl sites for hydroxylation is 2. The number of hydrogen-bond acceptors (Lipinski definition) is 5. The highest BCUT2D eigenvalue weighted by molar-refractivity contribution is 6.01. The van der Waals surface area contributed by atoms with E-state index in [1.807, 2.05) is 31.2 Å². The summed E-state index contributed by atoms with van der Waals surface area (Å²) in [6.07, 6.45) is 4.04. The molecule has 2 aromatic heterocycles. The van der Waals surface area contributed by atoms with Gasteiger partial charge in [0.25, 0.3) is 11.5 Å². The van der Waals surface area contributed by atoms with Gasteiger partial charge >= 0.3 is 0 Å². The number of para-hydroxylation sites is 1. The molecule has 0 aliphatic carbocycles. The number of benzene rings is 2. The molecular weight excluding hydrogens is 380 g/mol. The summed E-state index contributed by atoms with van der Waals surface area (Å²) in [6.45, 7) is 2.71. The fraction of sp³-hybridized carbons (Fsp3) is 0.217. The van der Waals surface area contributed by atoms with Gasteiger partial charge < -0.3 is 4.42 Å². The normalized spacial score (nSPS) is 13.4. The van der Waals surface area contributed by atoms with E-state index in [1.54, 1.807) is 29.0 Å². The minimum Gasteiger partial charge on any atom is -0.460 e. The van der Waals surface area contributed by atoms with Crippen molar-refractivity contribution in [3.8, 4) is 0 Å². The molecule has 0 saturated carbocycles. The molecule has 0 bridgehead atoms. The van der Waals surface area contributed by atoms with Gasteiger partial charge in [0, 0.05) is 35.9 Å². The van der Waals surface area contributed by atoms with E-state index < -0.39 is 0 Å². The predicted octanol–water partition coefficient (Wildman–Crippen LogP) is 3.42. The van der Waals surface area contributed by atoms with Crippen LogP contribution in [-0.2, 0) is 19.4 Å². The average Bonchev–Trinajstić information content (AvgIpc) is 3.38. The molecule has 0 unspecified atom stereocenters. The molecule has 1 aliphatic heterocycles. The van der Waals surface area contributed by atoms with Crippen molar-refractivity contribution in [3.05, 3.63) is 75.5 Å². The standard InChI is InChI=1S/C23H20N4O3/c1-2-19-17(15-6-3-4-7-20(15)30-19)13-24-26-22(28)14-9-10-16-18(12-14)25-21-8-5-11-27(21)23(16)29/h3-4,6-7,9-10,12-13H,2,5,8,11H2,1H3,(H,26,28)/b24-13-. The Morgan fingerprint density at radius 1 is 1.27 bits per heavy atom. The van der Waals surface area contributed by atoms with E-state index in [-0.39, 0.29) is 11.5 Å². The van der Waals surface area contributed by atoms with Crippen molar-refractivity contribution in [2.45, 2.75) is 32.7 Å². The van der Waals surface area contributed by atoms with Crippen LogP contribution < -0.4 is 11.0 Å². The largest absolute Gasteiger partial charge is 0.460 e. The van der Waals surface area contributed by atoms with Crippen molar-refractivity contribution in [1.29, 1.82) is 0 Å². The Morgan fingerprint density at radius 2 is 2.13 bits per heavy atom. The molecule has 0 fully saturated rings. The van der Waals surface area contributed by atoms with Gasteiger partial charge in [-0.1, -0.05) is 25.1 Å². The maximum atomic E-state index is 12.6. The molecular formula is C23H20N4O3. The second-order valence-electron chi connectivity index (χ2n) is 7.31. The second kappa shape index (κ2) is 7.26. The number of hydrazone groups is 1. The van der Waals surface area contributed by atoms with Crippen LogP contribution in [0.3, 0.4) is 0 Å². The maximum absolute atomic E-state index is 12.6. The number of carbonyl (C=O) groups excluding carboxylic acids is 1. The fourth-order valence-corrected chi connectivity index (χ4v) is 3.97. The molecule has 30 heavy (non-hydrogen) atoms. The van der Waals surface area contributed by atoms with Crippen LogP contribution in [0.2, 0.25) is 0 Å². The molecule has 5 rings (SSSR count). The van der Waals surface area contributed by atoms with E-state index in [4.69, 9.17) is 4.42 Å². The number of carbonyl (C=O) groups is 1. The Hall–Kier alpha value is -3.74. The Bertz CT molecular complexity index is 1380. The molecule has 1 aliphatic rings. The molecule has 150 valence electrons. The molecule has 3 heterocycles. The number of nitrogens with zero attached hydrogens (tertiary/aromatic N) is 3. The summed E-state index contributed by atoms with van der Waals surface area (Å²) < 4.78 is 7.56. The summed E-state index contributed by atoms with van der Waals surface area (Å²) in [6, 6.07) is 12.7. The summed E-state index contributed by atoms with van der Waals surface area (Å²) in [7, 11) is 0. The molecule has 0 atom stereocenters. The zero-order chi connectivity index (χ0) is 20.7. The van der Waals surface area contributed by atoms with Crippen LogP contribution in [0.5, 0.6) is 0 Å². The third-order valence-electron chi connectivity index (χ3n) is 5.47. The Kier molecular flexibility index (Phi) is 4.43. The van der Waals surface area contributed by atoms with Gasteiger partial charge in [0.05, 0.1) is 17.1 Å². The van der Waals surface area contributed by atoms with Gasteiger partial charge in [-0.05, 0) is 30.7 Å². The minimum absolute atomic E-state index is 0.0450. The number of fused-ring (bicyclic) bond motifs is 3. The Morgan fingerprint density at radius 3 is 3.00 bits per heavy atom. The van der Waals surface area contributed by atoms with Gasteiger partial charge in [0.2, 0.25) is 0 Å². The summed E-state index contributed by atoms with van der Waals surface area (Å²) in [5.41, 5.74) is 5.11. The predicted molar refractivity (Wildman–Crippen MR) is 115 cm³/mol. The summed E-state index contributed by atoms with van der Waals surface area (Å²) in [4.78, 5) is 29.7. The second-order valence-corrected chi connectivity index (χ2v) is 7.31. The Labute approximate surface area is 172 Å². The molecule has 1 amide bonds. The lowest BCUT2D eigenvalue weighted by molar-refractivity contribution is 0.0955. The van der Waals surface area contributed by atoms with Gasteiger partial charge in [0.1, 0.15) is 17.2 Å². The Balaban J connectivity index is 1.42. The first-order chi connectivity index (χ1) is 14.7. The molecule has 0 saturated heterocycles. The lowest BCUT2D eigenvalue weighted by Gasteiger charge is -2.06. The van der Waals surface area contributed by atoms with E-state index in [9.17, 15) is 9.59 Å². The quantitative estimate of drug-likeness (QED) is 0.420. The van der Waals surface area contributed by atoms with Crippen LogP contribution in [0.4, 0.5) is 0 Å². The van der Waals surface area contributed by atoms with Crippen LogP contribution in [0.15, 0.2) is 56.8 Å². The van der Waals surface area contributed by atoms with E-state index in [2.05, 4.69) is 15.5 Å². The number of rotatable bonds is 4. The number of amides is 1. The number of furan rings is 1. The molecule has 1 N–H and O–H groups in total. The third kappa shape index (κ3) is 2.99. The summed E-state index contributed by atoms with van der Waals surface area (Å²) in [5.74, 6) is 1.24. The first kappa shape index (κ1) is 18.3. The fourth-order valence-electron chi connectivity index (χ4n) is 3.97. The summed E-state index contributed by atoms with van der Waals surface area (Å²) in [5, 5.41) is 5.61. The minimum atomic E-state index is -0.360.